The summed E-state index contributed by atoms with van der Waals surface area (Å²) in [5.74, 6) is 1.31. The molecular weight excluding hydrogens is 364 g/mol. The summed E-state index contributed by atoms with van der Waals surface area (Å²) >= 11 is 1.63. The first-order valence-electron chi connectivity index (χ1n) is 8.59. The van der Waals surface area contributed by atoms with Crippen LogP contribution in [-0.2, 0) is 0 Å². The number of fused-ring (bicyclic) bond motifs is 1. The van der Waals surface area contributed by atoms with E-state index in [4.69, 9.17) is 9.47 Å². The van der Waals surface area contributed by atoms with Gasteiger partial charge in [-0.25, -0.2) is 4.79 Å². The predicted molar refractivity (Wildman–Crippen MR) is 104 cm³/mol. The van der Waals surface area contributed by atoms with Gasteiger partial charge in [0.2, 0.25) is 6.79 Å². The molecule has 0 unspecified atom stereocenters. The fraction of sp³-hybridized carbons (Fsp3) is 0.263. The highest BCUT2D eigenvalue weighted by molar-refractivity contribution is 7.08. The lowest BCUT2D eigenvalue weighted by Crippen LogP contribution is -2.35. The maximum Gasteiger partial charge on any atom is 0.319 e. The number of anilines is 1. The Morgan fingerprint density at radius 2 is 2.11 bits per heavy atom. The molecule has 0 radical (unpaired) electrons. The summed E-state index contributed by atoms with van der Waals surface area (Å²) in [5.41, 5.74) is 3.78. The van der Waals surface area contributed by atoms with Crippen molar-refractivity contribution in [2.24, 2.45) is 0 Å². The molecular formula is C19H20N4O3S. The minimum absolute atomic E-state index is 0.0625. The average Bonchev–Trinajstić information content (AvgIpc) is 3.37. The number of carbonyl (C=O) groups excluding carboxylic acids is 1. The molecule has 2 N–H and O–H groups in total. The first-order valence-corrected chi connectivity index (χ1v) is 9.54. The van der Waals surface area contributed by atoms with Gasteiger partial charge in [0.15, 0.2) is 11.5 Å². The van der Waals surface area contributed by atoms with Crippen LogP contribution in [0.3, 0.4) is 0 Å². The number of hydrogen-bond acceptors (Lipinski definition) is 5. The van der Waals surface area contributed by atoms with E-state index in [-0.39, 0.29) is 18.9 Å². The SMILES string of the molecule is Cc1cc(C)n([C@H](CNC(=O)Nc2ccc3c(c2)OCO3)c2ccsc2)n1. The summed E-state index contributed by atoms with van der Waals surface area (Å²) in [6.07, 6.45) is 0. The molecule has 2 amide bonds. The highest BCUT2D eigenvalue weighted by Gasteiger charge is 2.19. The van der Waals surface area contributed by atoms with Crippen LogP contribution >= 0.6 is 11.3 Å². The van der Waals surface area contributed by atoms with Crippen molar-refractivity contribution in [1.82, 2.24) is 15.1 Å². The second kappa shape index (κ2) is 7.32. The molecule has 4 rings (SSSR count). The number of thiophene rings is 1. The van der Waals surface area contributed by atoms with Crippen molar-refractivity contribution >= 4 is 23.1 Å². The van der Waals surface area contributed by atoms with Crippen molar-refractivity contribution in [3.05, 3.63) is 58.0 Å². The molecule has 3 heterocycles. The summed E-state index contributed by atoms with van der Waals surface area (Å²) in [4.78, 5) is 12.4. The Bertz CT molecular complexity index is 952. The van der Waals surface area contributed by atoms with Crippen LogP contribution in [0.25, 0.3) is 0 Å². The quantitative estimate of drug-likeness (QED) is 0.703. The maximum absolute atomic E-state index is 12.4. The Hall–Kier alpha value is -3.00. The molecule has 2 aromatic heterocycles. The van der Waals surface area contributed by atoms with Gasteiger partial charge in [0.25, 0.3) is 0 Å². The van der Waals surface area contributed by atoms with E-state index in [1.807, 2.05) is 30.0 Å². The van der Waals surface area contributed by atoms with Gasteiger partial charge >= 0.3 is 6.03 Å². The molecule has 0 fully saturated rings. The molecule has 1 aromatic carbocycles. The third kappa shape index (κ3) is 3.75. The van der Waals surface area contributed by atoms with E-state index in [1.165, 1.54) is 0 Å². The molecule has 1 atom stereocenters. The number of carbonyl (C=O) groups is 1. The Balaban J connectivity index is 1.44. The van der Waals surface area contributed by atoms with Gasteiger partial charge in [-0.3, -0.25) is 4.68 Å². The van der Waals surface area contributed by atoms with E-state index in [2.05, 4.69) is 27.2 Å². The number of amides is 2. The van der Waals surface area contributed by atoms with Crippen LogP contribution in [0.15, 0.2) is 41.1 Å². The molecule has 27 heavy (non-hydrogen) atoms. The first kappa shape index (κ1) is 17.4. The number of urea groups is 1. The van der Waals surface area contributed by atoms with Gasteiger partial charge in [0.05, 0.1) is 11.7 Å². The van der Waals surface area contributed by atoms with Crippen LogP contribution < -0.4 is 20.1 Å². The van der Waals surface area contributed by atoms with Crippen molar-refractivity contribution in [2.75, 3.05) is 18.7 Å². The van der Waals surface area contributed by atoms with Crippen molar-refractivity contribution in [3.8, 4) is 11.5 Å². The number of nitrogens with one attached hydrogen (secondary N) is 2. The third-order valence-corrected chi connectivity index (χ3v) is 5.06. The molecule has 7 nitrogen and oxygen atoms in total. The van der Waals surface area contributed by atoms with Crippen LogP contribution in [0.4, 0.5) is 10.5 Å². The number of nitrogens with zero attached hydrogens (tertiary/aromatic N) is 2. The van der Waals surface area contributed by atoms with E-state index < -0.39 is 0 Å². The summed E-state index contributed by atoms with van der Waals surface area (Å²) in [7, 11) is 0. The topological polar surface area (TPSA) is 77.4 Å². The zero-order valence-electron chi connectivity index (χ0n) is 15.1. The van der Waals surface area contributed by atoms with Crippen molar-refractivity contribution in [2.45, 2.75) is 19.9 Å². The van der Waals surface area contributed by atoms with Gasteiger partial charge in [0, 0.05) is 24.0 Å². The van der Waals surface area contributed by atoms with Gasteiger partial charge in [-0.15, -0.1) is 0 Å². The molecule has 8 heteroatoms. The highest BCUT2D eigenvalue weighted by atomic mass is 32.1. The number of aryl methyl sites for hydroxylation is 2. The van der Waals surface area contributed by atoms with Crippen LogP contribution in [-0.4, -0.2) is 29.1 Å². The Kier molecular flexibility index (Phi) is 4.72. The van der Waals surface area contributed by atoms with E-state index in [9.17, 15) is 4.79 Å². The van der Waals surface area contributed by atoms with E-state index in [1.54, 1.807) is 29.5 Å². The zero-order valence-corrected chi connectivity index (χ0v) is 15.9. The molecule has 0 saturated carbocycles. The van der Waals surface area contributed by atoms with Gasteiger partial charge in [-0.2, -0.15) is 16.4 Å². The van der Waals surface area contributed by atoms with Gasteiger partial charge in [-0.05, 0) is 54.4 Å². The minimum Gasteiger partial charge on any atom is -0.454 e. The standard InChI is InChI=1S/C19H20N4O3S/c1-12-7-13(2)23(22-12)16(14-5-6-27-10-14)9-20-19(24)21-15-3-4-17-18(8-15)26-11-25-17/h3-8,10,16H,9,11H2,1-2H3,(H2,20,21,24)/t16-/m1/s1. The lowest BCUT2D eigenvalue weighted by atomic mass is 10.1. The number of benzene rings is 1. The normalized spacial score (nSPS) is 13.4. The second-order valence-electron chi connectivity index (χ2n) is 6.35. The largest absolute Gasteiger partial charge is 0.454 e. The molecule has 0 bridgehead atoms. The van der Waals surface area contributed by atoms with E-state index in [0.717, 1.165) is 17.0 Å². The molecule has 0 saturated heterocycles. The number of aromatic nitrogens is 2. The van der Waals surface area contributed by atoms with E-state index in [0.29, 0.717) is 23.7 Å². The highest BCUT2D eigenvalue weighted by Crippen LogP contribution is 2.34. The monoisotopic (exact) mass is 384 g/mol. The third-order valence-electron chi connectivity index (χ3n) is 4.35. The molecule has 0 spiro atoms. The average molecular weight is 384 g/mol. The molecule has 140 valence electrons. The molecule has 3 aromatic rings. The Morgan fingerprint density at radius 1 is 1.26 bits per heavy atom. The van der Waals surface area contributed by atoms with Gasteiger partial charge in [0.1, 0.15) is 0 Å². The summed E-state index contributed by atoms with van der Waals surface area (Å²) in [5, 5.41) is 14.5. The summed E-state index contributed by atoms with van der Waals surface area (Å²) in [6, 6.07) is 9.06. The molecule has 1 aliphatic rings. The maximum atomic E-state index is 12.4. The molecule has 0 aliphatic carbocycles. The molecule has 1 aliphatic heterocycles. The zero-order chi connectivity index (χ0) is 18.8. The number of ether oxygens (including phenoxy) is 2. The smallest absolute Gasteiger partial charge is 0.319 e. The number of rotatable bonds is 5. The lowest BCUT2D eigenvalue weighted by Gasteiger charge is -2.19. The number of hydrogen-bond donors (Lipinski definition) is 2. The fourth-order valence-electron chi connectivity index (χ4n) is 3.11. The van der Waals surface area contributed by atoms with E-state index >= 15 is 0 Å². The first-order chi connectivity index (χ1) is 13.1. The van der Waals surface area contributed by atoms with Crippen molar-refractivity contribution < 1.29 is 14.3 Å². The van der Waals surface area contributed by atoms with Gasteiger partial charge in [-0.1, -0.05) is 0 Å². The predicted octanol–water partition coefficient (Wildman–Crippen LogP) is 3.70. The minimum atomic E-state index is -0.282. The Labute approximate surface area is 160 Å². The van der Waals surface area contributed by atoms with Gasteiger partial charge < -0.3 is 20.1 Å². The van der Waals surface area contributed by atoms with Crippen LogP contribution in [0.5, 0.6) is 11.5 Å². The van der Waals surface area contributed by atoms with Crippen molar-refractivity contribution in [3.63, 3.8) is 0 Å². The van der Waals surface area contributed by atoms with Crippen LogP contribution in [0.1, 0.15) is 23.0 Å². The lowest BCUT2D eigenvalue weighted by molar-refractivity contribution is 0.174. The Morgan fingerprint density at radius 3 is 2.85 bits per heavy atom. The van der Waals surface area contributed by atoms with Crippen LogP contribution in [0, 0.1) is 13.8 Å². The van der Waals surface area contributed by atoms with Crippen molar-refractivity contribution in [1.29, 1.82) is 0 Å². The second-order valence-corrected chi connectivity index (χ2v) is 7.13. The van der Waals surface area contributed by atoms with Crippen LogP contribution in [0.2, 0.25) is 0 Å². The summed E-state index contributed by atoms with van der Waals surface area (Å²) in [6.45, 7) is 4.62. The summed E-state index contributed by atoms with van der Waals surface area (Å²) < 4.78 is 12.6. The fourth-order valence-corrected chi connectivity index (χ4v) is 3.82.